The van der Waals surface area contributed by atoms with Crippen molar-refractivity contribution in [3.8, 4) is 0 Å². The lowest BCUT2D eigenvalue weighted by atomic mass is 10.2. The van der Waals surface area contributed by atoms with E-state index < -0.39 is 0 Å². The van der Waals surface area contributed by atoms with Crippen LogP contribution in [0.2, 0.25) is 5.02 Å². The minimum atomic E-state index is -0.0753. The van der Waals surface area contributed by atoms with Crippen molar-refractivity contribution in [1.82, 2.24) is 15.1 Å². The molecule has 1 aromatic carbocycles. The summed E-state index contributed by atoms with van der Waals surface area (Å²) in [4.78, 5) is 11.6. The number of benzene rings is 1. The molecular weight excluding hydrogens is 238 g/mol. The summed E-state index contributed by atoms with van der Waals surface area (Å²) in [7, 11) is 0. The maximum atomic E-state index is 11.6. The number of hydrogen-bond donors (Lipinski definition) is 1. The molecule has 2 aromatic rings. The molecule has 2 rings (SSSR count). The number of hydrogen-bond acceptors (Lipinski definition) is 2. The Kier molecular flexibility index (Phi) is 3.77. The molecule has 88 valence electrons. The van der Waals surface area contributed by atoms with Crippen LogP contribution in [0.1, 0.15) is 5.56 Å². The number of nitrogens with one attached hydrogen (secondary N) is 1. The van der Waals surface area contributed by atoms with Crippen molar-refractivity contribution >= 4 is 17.5 Å². The van der Waals surface area contributed by atoms with Crippen LogP contribution < -0.4 is 5.32 Å². The Labute approximate surface area is 104 Å². The lowest BCUT2D eigenvalue weighted by molar-refractivity contribution is -0.122. The van der Waals surface area contributed by atoms with Gasteiger partial charge in [0.15, 0.2) is 0 Å². The molecule has 0 aliphatic heterocycles. The summed E-state index contributed by atoms with van der Waals surface area (Å²) >= 11 is 5.85. The van der Waals surface area contributed by atoms with Gasteiger partial charge in [-0.05, 0) is 23.8 Å². The number of amides is 1. The predicted octanol–water partition coefficient (Wildman–Crippen LogP) is 1.85. The Morgan fingerprint density at radius 3 is 3.00 bits per heavy atom. The van der Waals surface area contributed by atoms with E-state index in [9.17, 15) is 4.79 Å². The molecule has 0 aliphatic rings. The lowest BCUT2D eigenvalue weighted by Gasteiger charge is -2.05. The molecule has 5 heteroatoms. The fraction of sp³-hybridized carbons (Fsp3) is 0.167. The van der Waals surface area contributed by atoms with Crippen molar-refractivity contribution < 1.29 is 4.79 Å². The van der Waals surface area contributed by atoms with Gasteiger partial charge in [0, 0.05) is 24.0 Å². The van der Waals surface area contributed by atoms with Crippen LogP contribution in [0.4, 0.5) is 0 Å². The van der Waals surface area contributed by atoms with Crippen molar-refractivity contribution in [3.05, 3.63) is 53.3 Å². The van der Waals surface area contributed by atoms with Crippen LogP contribution in [0.5, 0.6) is 0 Å². The normalized spacial score (nSPS) is 10.2. The molecular formula is C12H12ClN3O. The van der Waals surface area contributed by atoms with Gasteiger partial charge in [0.05, 0.1) is 0 Å². The molecule has 1 N–H and O–H groups in total. The smallest absolute Gasteiger partial charge is 0.241 e. The third-order valence-corrected chi connectivity index (χ3v) is 2.48. The van der Waals surface area contributed by atoms with Gasteiger partial charge in [-0.3, -0.25) is 9.48 Å². The average molecular weight is 250 g/mol. The Hall–Kier alpha value is -1.81. The highest BCUT2D eigenvalue weighted by Crippen LogP contribution is 2.10. The molecule has 1 aromatic heterocycles. The summed E-state index contributed by atoms with van der Waals surface area (Å²) in [6.45, 7) is 0.703. The quantitative estimate of drug-likeness (QED) is 0.899. The highest BCUT2D eigenvalue weighted by molar-refractivity contribution is 6.30. The SMILES string of the molecule is O=C(Cn1cccn1)NCc1cccc(Cl)c1. The van der Waals surface area contributed by atoms with Gasteiger partial charge < -0.3 is 5.32 Å². The topological polar surface area (TPSA) is 46.9 Å². The van der Waals surface area contributed by atoms with E-state index in [4.69, 9.17) is 11.6 Å². The molecule has 0 atom stereocenters. The van der Waals surface area contributed by atoms with E-state index in [0.717, 1.165) is 5.56 Å². The van der Waals surface area contributed by atoms with Gasteiger partial charge in [-0.1, -0.05) is 23.7 Å². The number of carbonyl (C=O) groups is 1. The van der Waals surface area contributed by atoms with Gasteiger partial charge in [-0.2, -0.15) is 5.10 Å². The van der Waals surface area contributed by atoms with E-state index in [0.29, 0.717) is 11.6 Å². The van der Waals surface area contributed by atoms with Crippen LogP contribution in [0.15, 0.2) is 42.7 Å². The number of carbonyl (C=O) groups excluding carboxylic acids is 1. The summed E-state index contributed by atoms with van der Waals surface area (Å²) in [6, 6.07) is 9.19. The zero-order valence-electron chi connectivity index (χ0n) is 9.14. The molecule has 0 saturated heterocycles. The Bertz CT molecular complexity index is 496. The molecule has 0 unspecified atom stereocenters. The number of aromatic nitrogens is 2. The van der Waals surface area contributed by atoms with E-state index in [1.165, 1.54) is 0 Å². The summed E-state index contributed by atoms with van der Waals surface area (Å²) in [5, 5.41) is 7.44. The van der Waals surface area contributed by atoms with Gasteiger partial charge in [-0.15, -0.1) is 0 Å². The molecule has 0 radical (unpaired) electrons. The number of nitrogens with zero attached hydrogens (tertiary/aromatic N) is 2. The Morgan fingerprint density at radius 1 is 1.41 bits per heavy atom. The zero-order chi connectivity index (χ0) is 12.1. The number of rotatable bonds is 4. The van der Waals surface area contributed by atoms with Crippen molar-refractivity contribution in [2.45, 2.75) is 13.1 Å². The lowest BCUT2D eigenvalue weighted by Crippen LogP contribution is -2.27. The van der Waals surface area contributed by atoms with Gasteiger partial charge in [0.1, 0.15) is 6.54 Å². The van der Waals surface area contributed by atoms with Crippen molar-refractivity contribution in [3.63, 3.8) is 0 Å². The van der Waals surface area contributed by atoms with Crippen molar-refractivity contribution in [2.24, 2.45) is 0 Å². The largest absolute Gasteiger partial charge is 0.350 e. The predicted molar refractivity (Wildman–Crippen MR) is 65.5 cm³/mol. The van der Waals surface area contributed by atoms with E-state index in [1.807, 2.05) is 18.2 Å². The second-order valence-electron chi connectivity index (χ2n) is 3.61. The molecule has 0 aliphatic carbocycles. The highest BCUT2D eigenvalue weighted by Gasteiger charge is 2.02. The summed E-state index contributed by atoms with van der Waals surface area (Å²) in [6.07, 6.45) is 3.39. The van der Waals surface area contributed by atoms with Gasteiger partial charge in [0.25, 0.3) is 0 Å². The summed E-state index contributed by atoms with van der Waals surface area (Å²) in [5.74, 6) is -0.0753. The third kappa shape index (κ3) is 3.60. The van der Waals surface area contributed by atoms with E-state index in [1.54, 1.807) is 29.2 Å². The fourth-order valence-corrected chi connectivity index (χ4v) is 1.66. The van der Waals surface area contributed by atoms with E-state index in [2.05, 4.69) is 10.4 Å². The van der Waals surface area contributed by atoms with Crippen LogP contribution in [0.25, 0.3) is 0 Å². The van der Waals surface area contributed by atoms with Crippen LogP contribution in [-0.2, 0) is 17.9 Å². The molecule has 0 fully saturated rings. The molecule has 0 bridgehead atoms. The Balaban J connectivity index is 1.84. The minimum absolute atomic E-state index is 0.0753. The monoisotopic (exact) mass is 249 g/mol. The first kappa shape index (κ1) is 11.7. The summed E-state index contributed by atoms with van der Waals surface area (Å²) < 4.78 is 1.58. The van der Waals surface area contributed by atoms with Gasteiger partial charge in [0.2, 0.25) is 5.91 Å². The first-order chi connectivity index (χ1) is 8.24. The molecule has 1 heterocycles. The highest BCUT2D eigenvalue weighted by atomic mass is 35.5. The van der Waals surface area contributed by atoms with Crippen LogP contribution in [-0.4, -0.2) is 15.7 Å². The van der Waals surface area contributed by atoms with E-state index in [-0.39, 0.29) is 12.5 Å². The van der Waals surface area contributed by atoms with Crippen molar-refractivity contribution in [1.29, 1.82) is 0 Å². The molecule has 0 saturated carbocycles. The van der Waals surface area contributed by atoms with Crippen LogP contribution in [0, 0.1) is 0 Å². The Morgan fingerprint density at radius 2 is 2.29 bits per heavy atom. The van der Waals surface area contributed by atoms with Crippen LogP contribution in [0.3, 0.4) is 0 Å². The first-order valence-corrected chi connectivity index (χ1v) is 5.60. The fourth-order valence-electron chi connectivity index (χ4n) is 1.44. The minimum Gasteiger partial charge on any atom is -0.350 e. The standard InChI is InChI=1S/C12H12ClN3O/c13-11-4-1-3-10(7-11)8-14-12(17)9-16-6-2-5-15-16/h1-7H,8-9H2,(H,14,17). The van der Waals surface area contributed by atoms with Gasteiger partial charge >= 0.3 is 0 Å². The maximum absolute atomic E-state index is 11.6. The molecule has 0 spiro atoms. The zero-order valence-corrected chi connectivity index (χ0v) is 9.89. The van der Waals surface area contributed by atoms with Crippen LogP contribution >= 0.6 is 11.6 Å². The second-order valence-corrected chi connectivity index (χ2v) is 4.05. The van der Waals surface area contributed by atoms with E-state index >= 15 is 0 Å². The van der Waals surface area contributed by atoms with Gasteiger partial charge in [-0.25, -0.2) is 0 Å². The molecule has 1 amide bonds. The summed E-state index contributed by atoms with van der Waals surface area (Å²) in [5.41, 5.74) is 0.978. The number of halogens is 1. The second kappa shape index (κ2) is 5.50. The molecule has 17 heavy (non-hydrogen) atoms. The third-order valence-electron chi connectivity index (χ3n) is 2.24. The van der Waals surface area contributed by atoms with Crippen molar-refractivity contribution in [2.75, 3.05) is 0 Å². The maximum Gasteiger partial charge on any atom is 0.241 e. The average Bonchev–Trinajstić information content (AvgIpc) is 2.79. The molecule has 4 nitrogen and oxygen atoms in total. The first-order valence-electron chi connectivity index (χ1n) is 5.22.